The molecule has 1 aromatic rings. The third-order valence-electron chi connectivity index (χ3n) is 4.26. The van der Waals surface area contributed by atoms with Crippen LogP contribution in [-0.2, 0) is 10.0 Å². The average Bonchev–Trinajstić information content (AvgIpc) is 2.44. The van der Waals surface area contributed by atoms with Gasteiger partial charge in [0.2, 0.25) is 10.0 Å². The first-order valence-corrected chi connectivity index (χ1v) is 8.91. The zero-order chi connectivity index (χ0) is 17.3. The number of hydrogen-bond donors (Lipinski definition) is 3. The van der Waals surface area contributed by atoms with E-state index in [-0.39, 0.29) is 22.2 Å². The van der Waals surface area contributed by atoms with E-state index >= 15 is 0 Å². The predicted molar refractivity (Wildman–Crippen MR) is 85.5 cm³/mol. The Morgan fingerprint density at radius 3 is 2.57 bits per heavy atom. The summed E-state index contributed by atoms with van der Waals surface area (Å²) in [5.41, 5.74) is -1.06. The molecule has 4 N–H and O–H groups in total. The summed E-state index contributed by atoms with van der Waals surface area (Å²) in [5.74, 6) is 0.211. The molecule has 0 amide bonds. The number of para-hydroxylation sites is 1. The zero-order valence-electron chi connectivity index (χ0n) is 12.9. The summed E-state index contributed by atoms with van der Waals surface area (Å²) in [7, 11) is -4.07. The fraction of sp³-hybridized carbons (Fsp3) is 0.571. The van der Waals surface area contributed by atoms with Crippen molar-refractivity contribution in [3.8, 4) is 0 Å². The van der Waals surface area contributed by atoms with E-state index in [1.165, 1.54) is 18.2 Å². The van der Waals surface area contributed by atoms with E-state index in [9.17, 15) is 23.6 Å². The van der Waals surface area contributed by atoms with E-state index < -0.39 is 20.5 Å². The van der Waals surface area contributed by atoms with Crippen molar-refractivity contribution in [3.05, 3.63) is 28.3 Å². The molecule has 0 bridgehead atoms. The Hall–Kier alpha value is -1.71. The molecule has 128 valence electrons. The van der Waals surface area contributed by atoms with Crippen molar-refractivity contribution in [3.63, 3.8) is 0 Å². The van der Waals surface area contributed by atoms with Gasteiger partial charge in [-0.15, -0.1) is 0 Å². The molecule has 1 aliphatic carbocycles. The van der Waals surface area contributed by atoms with Gasteiger partial charge in [0.15, 0.2) is 0 Å². The number of benzene rings is 1. The zero-order valence-corrected chi connectivity index (χ0v) is 13.7. The third-order valence-corrected chi connectivity index (χ3v) is 5.21. The lowest BCUT2D eigenvalue weighted by Gasteiger charge is -2.33. The second-order valence-electron chi connectivity index (χ2n) is 6.27. The highest BCUT2D eigenvalue weighted by Gasteiger charge is 2.29. The van der Waals surface area contributed by atoms with Gasteiger partial charge in [-0.1, -0.05) is 6.07 Å². The largest absolute Gasteiger partial charge is 0.390 e. The van der Waals surface area contributed by atoms with Gasteiger partial charge in [-0.2, -0.15) is 0 Å². The van der Waals surface area contributed by atoms with Crippen molar-refractivity contribution >= 4 is 21.4 Å². The standard InChI is InChI=1S/C14H21N3O5S/c1-14(18)7-5-10(6-8-14)9-16-13-11(17(19)20)3-2-4-12(13)23(15,21)22/h2-4,10,16,18H,5-9H2,1H3,(H2,15,21,22). The predicted octanol–water partition coefficient (Wildman–Crippen LogP) is 1.60. The minimum atomic E-state index is -4.07. The van der Waals surface area contributed by atoms with Crippen LogP contribution in [0.2, 0.25) is 0 Å². The maximum atomic E-state index is 11.6. The molecule has 1 fully saturated rings. The number of hydrogen-bond acceptors (Lipinski definition) is 6. The van der Waals surface area contributed by atoms with Crippen LogP contribution < -0.4 is 10.5 Å². The molecule has 1 saturated carbocycles. The van der Waals surface area contributed by atoms with Crippen LogP contribution in [-0.4, -0.2) is 30.6 Å². The Bertz CT molecular complexity index is 692. The highest BCUT2D eigenvalue weighted by atomic mass is 32.2. The fourth-order valence-electron chi connectivity index (χ4n) is 2.84. The van der Waals surface area contributed by atoms with Crippen molar-refractivity contribution < 1.29 is 18.4 Å². The lowest BCUT2D eigenvalue weighted by atomic mass is 9.80. The number of nitro groups is 1. The Morgan fingerprint density at radius 2 is 2.04 bits per heavy atom. The van der Waals surface area contributed by atoms with Crippen LogP contribution in [0.25, 0.3) is 0 Å². The van der Waals surface area contributed by atoms with Gasteiger partial charge in [-0.3, -0.25) is 10.1 Å². The monoisotopic (exact) mass is 343 g/mol. The van der Waals surface area contributed by atoms with Crippen LogP contribution in [0.3, 0.4) is 0 Å². The Kier molecular flexibility index (Phi) is 4.92. The highest BCUT2D eigenvalue weighted by Crippen LogP contribution is 2.34. The Balaban J connectivity index is 2.20. The van der Waals surface area contributed by atoms with E-state index in [4.69, 9.17) is 5.14 Å². The highest BCUT2D eigenvalue weighted by molar-refractivity contribution is 7.89. The molecule has 9 heteroatoms. The van der Waals surface area contributed by atoms with Crippen molar-refractivity contribution in [1.82, 2.24) is 0 Å². The number of nitro benzene ring substituents is 1. The van der Waals surface area contributed by atoms with Crippen molar-refractivity contribution in [2.75, 3.05) is 11.9 Å². The molecule has 0 aliphatic heterocycles. The van der Waals surface area contributed by atoms with Crippen molar-refractivity contribution in [2.24, 2.45) is 11.1 Å². The average molecular weight is 343 g/mol. The number of sulfonamides is 1. The Labute approximate surface area is 134 Å². The first-order valence-electron chi connectivity index (χ1n) is 7.36. The Morgan fingerprint density at radius 1 is 1.43 bits per heavy atom. The first-order chi connectivity index (χ1) is 10.6. The van der Waals surface area contributed by atoms with E-state index in [0.717, 1.165) is 12.8 Å². The maximum absolute atomic E-state index is 11.6. The molecule has 0 atom stereocenters. The molecular weight excluding hydrogens is 322 g/mol. The van der Waals surface area contributed by atoms with Crippen LogP contribution in [0.4, 0.5) is 11.4 Å². The number of primary sulfonamides is 1. The van der Waals surface area contributed by atoms with Gasteiger partial charge in [0, 0.05) is 12.6 Å². The van der Waals surface area contributed by atoms with E-state index in [1.54, 1.807) is 6.92 Å². The molecule has 2 rings (SSSR count). The summed E-state index contributed by atoms with van der Waals surface area (Å²) in [6.45, 7) is 2.18. The topological polar surface area (TPSA) is 136 Å². The summed E-state index contributed by atoms with van der Waals surface area (Å²) in [6, 6.07) is 3.78. The summed E-state index contributed by atoms with van der Waals surface area (Å²) < 4.78 is 23.3. The molecular formula is C14H21N3O5S. The van der Waals surface area contributed by atoms with Gasteiger partial charge < -0.3 is 10.4 Å². The second kappa shape index (κ2) is 6.42. The number of nitrogens with zero attached hydrogens (tertiary/aromatic N) is 1. The van der Waals surface area contributed by atoms with Crippen LogP contribution in [0, 0.1) is 16.0 Å². The van der Waals surface area contributed by atoms with Gasteiger partial charge in [0.25, 0.3) is 5.69 Å². The van der Waals surface area contributed by atoms with E-state index in [2.05, 4.69) is 5.32 Å². The van der Waals surface area contributed by atoms with Crippen molar-refractivity contribution in [2.45, 2.75) is 43.1 Å². The van der Waals surface area contributed by atoms with Crippen molar-refractivity contribution in [1.29, 1.82) is 0 Å². The smallest absolute Gasteiger partial charge is 0.293 e. The molecule has 0 aromatic heterocycles. The SMILES string of the molecule is CC1(O)CCC(CNc2c([N+](=O)[O-])cccc2S(N)(=O)=O)CC1. The maximum Gasteiger partial charge on any atom is 0.293 e. The number of nitrogens with one attached hydrogen (secondary N) is 1. The van der Waals surface area contributed by atoms with Crippen LogP contribution >= 0.6 is 0 Å². The molecule has 8 nitrogen and oxygen atoms in total. The van der Waals surface area contributed by atoms with E-state index in [1.807, 2.05) is 0 Å². The summed E-state index contributed by atoms with van der Waals surface area (Å²) in [4.78, 5) is 10.2. The lowest BCUT2D eigenvalue weighted by molar-refractivity contribution is -0.384. The molecule has 0 heterocycles. The molecule has 0 saturated heterocycles. The molecule has 1 aliphatic rings. The number of anilines is 1. The first kappa shape index (κ1) is 17.6. The summed E-state index contributed by atoms with van der Waals surface area (Å²) in [6.07, 6.45) is 2.84. The normalized spacial score (nSPS) is 25.1. The van der Waals surface area contributed by atoms with Crippen LogP contribution in [0.5, 0.6) is 0 Å². The van der Waals surface area contributed by atoms with Crippen LogP contribution in [0.15, 0.2) is 23.1 Å². The van der Waals surface area contributed by atoms with Crippen LogP contribution in [0.1, 0.15) is 32.6 Å². The molecule has 23 heavy (non-hydrogen) atoms. The van der Waals surface area contributed by atoms with Gasteiger partial charge >= 0.3 is 0 Å². The second-order valence-corrected chi connectivity index (χ2v) is 7.80. The number of aliphatic hydroxyl groups is 1. The van der Waals surface area contributed by atoms with Gasteiger partial charge in [0.1, 0.15) is 10.6 Å². The van der Waals surface area contributed by atoms with E-state index in [0.29, 0.717) is 19.4 Å². The molecule has 0 spiro atoms. The summed E-state index contributed by atoms with van der Waals surface area (Å²) in [5, 5.41) is 29.1. The quantitative estimate of drug-likeness (QED) is 0.549. The number of nitrogens with two attached hydrogens (primary N) is 1. The molecule has 1 aromatic carbocycles. The molecule has 0 radical (unpaired) electrons. The fourth-order valence-corrected chi connectivity index (χ4v) is 3.57. The van der Waals surface area contributed by atoms with Gasteiger partial charge in [-0.05, 0) is 44.6 Å². The minimum absolute atomic E-state index is 0.0719. The molecule has 0 unspecified atom stereocenters. The van der Waals surface area contributed by atoms with Gasteiger partial charge in [0.05, 0.1) is 10.5 Å². The third kappa shape index (κ3) is 4.40. The minimum Gasteiger partial charge on any atom is -0.390 e. The number of rotatable bonds is 5. The lowest BCUT2D eigenvalue weighted by Crippen LogP contribution is -2.32. The van der Waals surface area contributed by atoms with Gasteiger partial charge in [-0.25, -0.2) is 13.6 Å². The summed E-state index contributed by atoms with van der Waals surface area (Å²) >= 11 is 0.